The van der Waals surface area contributed by atoms with Gasteiger partial charge < -0.3 is 4.74 Å². The van der Waals surface area contributed by atoms with E-state index in [9.17, 15) is 9.59 Å². The van der Waals surface area contributed by atoms with Crippen molar-refractivity contribution >= 4 is 17.3 Å². The van der Waals surface area contributed by atoms with Crippen LogP contribution in [0.3, 0.4) is 0 Å². The van der Waals surface area contributed by atoms with E-state index < -0.39 is 27.9 Å². The van der Waals surface area contributed by atoms with Crippen molar-refractivity contribution in [2.75, 3.05) is 7.11 Å². The predicted octanol–water partition coefficient (Wildman–Crippen LogP) is 8.46. The number of allylic oxidation sites excluding steroid dienone is 11. The molecule has 0 radical (unpaired) electrons. The van der Waals surface area contributed by atoms with Crippen molar-refractivity contribution in [1.82, 2.24) is 0 Å². The highest BCUT2D eigenvalue weighted by molar-refractivity contribution is 6.34. The van der Waals surface area contributed by atoms with E-state index in [2.05, 4.69) is 32.6 Å². The number of Topliss-reactive ketones (excluding diaryl/α,β-unsaturated/α-hetero) is 3. The molecule has 0 N–H and O–H groups in total. The fraction of sp³-hybridized carbons (Fsp3) is 0.571. The zero-order valence-electron chi connectivity index (χ0n) is 26.2. The van der Waals surface area contributed by atoms with Crippen LogP contribution in [0.2, 0.25) is 0 Å². The molecule has 2 rings (SSSR count). The van der Waals surface area contributed by atoms with Crippen LogP contribution >= 0.6 is 0 Å². The van der Waals surface area contributed by atoms with Crippen molar-refractivity contribution in [3.05, 3.63) is 70.6 Å². The van der Waals surface area contributed by atoms with Gasteiger partial charge in [-0.2, -0.15) is 0 Å². The molecular formula is C35H50O4. The quantitative estimate of drug-likeness (QED) is 0.151. The summed E-state index contributed by atoms with van der Waals surface area (Å²) in [6.45, 7) is 23.6. The molecule has 4 atom stereocenters. The maximum atomic E-state index is 15.2. The van der Waals surface area contributed by atoms with Gasteiger partial charge >= 0.3 is 0 Å². The fourth-order valence-electron chi connectivity index (χ4n) is 6.51. The molecule has 1 saturated carbocycles. The summed E-state index contributed by atoms with van der Waals surface area (Å²) in [5.74, 6) is -1.23. The molecule has 1 fully saturated rings. The average molecular weight is 535 g/mol. The molecule has 0 saturated heterocycles. The molecule has 0 aromatic rings. The predicted molar refractivity (Wildman–Crippen MR) is 161 cm³/mol. The summed E-state index contributed by atoms with van der Waals surface area (Å²) in [5.41, 5.74) is 0.566. The van der Waals surface area contributed by atoms with E-state index in [1.807, 2.05) is 47.6 Å². The Kier molecular flexibility index (Phi) is 10.1. The minimum absolute atomic E-state index is 0.102. The van der Waals surface area contributed by atoms with Crippen LogP contribution in [0.5, 0.6) is 0 Å². The molecule has 3 unspecified atom stereocenters. The van der Waals surface area contributed by atoms with Crippen molar-refractivity contribution in [3.8, 4) is 0 Å². The second kappa shape index (κ2) is 12.2. The van der Waals surface area contributed by atoms with E-state index in [1.165, 1.54) is 12.7 Å². The number of carbonyl (C=O) groups is 3. The zero-order chi connectivity index (χ0) is 29.9. The topological polar surface area (TPSA) is 60.4 Å². The molecule has 0 aromatic carbocycles. The number of hydrogen-bond donors (Lipinski definition) is 0. The second-order valence-corrected chi connectivity index (χ2v) is 12.9. The monoisotopic (exact) mass is 534 g/mol. The van der Waals surface area contributed by atoms with Gasteiger partial charge in [-0.1, -0.05) is 73.9 Å². The molecule has 2 aliphatic rings. The first-order valence-corrected chi connectivity index (χ1v) is 14.2. The fourth-order valence-corrected chi connectivity index (χ4v) is 6.51. The van der Waals surface area contributed by atoms with Crippen LogP contribution in [-0.2, 0) is 19.1 Å². The van der Waals surface area contributed by atoms with Gasteiger partial charge in [0, 0.05) is 11.3 Å². The Morgan fingerprint density at radius 1 is 0.974 bits per heavy atom. The lowest BCUT2D eigenvalue weighted by molar-refractivity contribution is -0.179. The van der Waals surface area contributed by atoms with Crippen LogP contribution in [0, 0.1) is 28.1 Å². The lowest BCUT2D eigenvalue weighted by Crippen LogP contribution is -2.71. The summed E-state index contributed by atoms with van der Waals surface area (Å²) in [5, 5.41) is 0. The number of methoxy groups -OCH3 is 1. The van der Waals surface area contributed by atoms with E-state index >= 15 is 4.79 Å². The lowest BCUT2D eigenvalue weighted by Gasteiger charge is -2.61. The summed E-state index contributed by atoms with van der Waals surface area (Å²) in [7, 11) is 1.54. The van der Waals surface area contributed by atoms with Gasteiger partial charge in [0.25, 0.3) is 0 Å². The van der Waals surface area contributed by atoms with Crippen LogP contribution in [0.1, 0.15) is 94.9 Å². The molecule has 0 amide bonds. The van der Waals surface area contributed by atoms with Crippen molar-refractivity contribution < 1.29 is 19.1 Å². The van der Waals surface area contributed by atoms with Gasteiger partial charge in [-0.15, -0.1) is 0 Å². The zero-order valence-corrected chi connectivity index (χ0v) is 26.2. The van der Waals surface area contributed by atoms with Crippen molar-refractivity contribution in [2.24, 2.45) is 28.1 Å². The number of hydrogen-bond acceptors (Lipinski definition) is 4. The summed E-state index contributed by atoms with van der Waals surface area (Å²) in [6.07, 6.45) is 11.8. The van der Waals surface area contributed by atoms with E-state index in [-0.39, 0.29) is 17.5 Å². The van der Waals surface area contributed by atoms with Crippen LogP contribution in [0.4, 0.5) is 0 Å². The van der Waals surface area contributed by atoms with Crippen LogP contribution in [0.25, 0.3) is 0 Å². The standard InChI is InChI=1S/C35H50O4/c1-22(2)13-15-27-21-34(20-18-25(7)8)31(39-12)28(16-14-23(3)4)30(37)35(32(34)38,29(36)26(9)10)33(27,11)19-17-24(5)6/h13-14,16-18,26-27H,3,15,19-21H2,1-2,4-12H3/b16-14+/t27?,33?,34-,35?/m1/s1. The van der Waals surface area contributed by atoms with Gasteiger partial charge in [-0.3, -0.25) is 14.4 Å². The molecule has 39 heavy (non-hydrogen) atoms. The largest absolute Gasteiger partial charge is 0.499 e. The highest BCUT2D eigenvalue weighted by Crippen LogP contribution is 2.67. The minimum atomic E-state index is -1.82. The maximum Gasteiger partial charge on any atom is 0.187 e. The first-order valence-electron chi connectivity index (χ1n) is 14.2. The molecule has 0 aliphatic heterocycles. The van der Waals surface area contributed by atoms with E-state index in [1.54, 1.807) is 26.0 Å². The average Bonchev–Trinajstić information content (AvgIpc) is 2.83. The Morgan fingerprint density at radius 3 is 1.97 bits per heavy atom. The third kappa shape index (κ3) is 5.62. The molecule has 214 valence electrons. The molecule has 4 heteroatoms. The van der Waals surface area contributed by atoms with Crippen LogP contribution in [0.15, 0.2) is 70.6 Å². The van der Waals surface area contributed by atoms with Crippen molar-refractivity contribution in [3.63, 3.8) is 0 Å². The molecule has 0 aromatic heterocycles. The number of ether oxygens (including phenoxy) is 1. The van der Waals surface area contributed by atoms with E-state index in [4.69, 9.17) is 4.74 Å². The Labute approximate surface area is 237 Å². The van der Waals surface area contributed by atoms with Crippen LogP contribution < -0.4 is 0 Å². The van der Waals surface area contributed by atoms with Gasteiger partial charge in [0.2, 0.25) is 0 Å². The Hall–Kier alpha value is -2.75. The van der Waals surface area contributed by atoms with Crippen molar-refractivity contribution in [1.29, 1.82) is 0 Å². The van der Waals surface area contributed by atoms with Crippen molar-refractivity contribution in [2.45, 2.75) is 94.9 Å². The minimum Gasteiger partial charge on any atom is -0.499 e. The Bertz CT molecular complexity index is 1170. The normalized spacial score (nSPS) is 28.5. The molecule has 2 bridgehead atoms. The molecule has 0 heterocycles. The maximum absolute atomic E-state index is 15.2. The summed E-state index contributed by atoms with van der Waals surface area (Å²) < 4.78 is 6.01. The highest BCUT2D eigenvalue weighted by atomic mass is 16.5. The third-order valence-electron chi connectivity index (χ3n) is 8.63. The second-order valence-electron chi connectivity index (χ2n) is 12.9. The highest BCUT2D eigenvalue weighted by Gasteiger charge is 2.76. The van der Waals surface area contributed by atoms with E-state index in [0.717, 1.165) is 16.7 Å². The lowest BCUT2D eigenvalue weighted by atomic mass is 9.38. The number of rotatable bonds is 11. The van der Waals surface area contributed by atoms with E-state index in [0.29, 0.717) is 37.0 Å². The van der Waals surface area contributed by atoms with Gasteiger partial charge in [0.05, 0.1) is 18.1 Å². The SMILES string of the molecule is C=C(C)/C=C/C1=C(OC)[C@@]2(CC=C(C)C)CC(CC=C(C)C)C(C)(CC=C(C)C)C(C(=O)C(C)C)(C1=O)C2=O. The summed E-state index contributed by atoms with van der Waals surface area (Å²) >= 11 is 0. The van der Waals surface area contributed by atoms with Gasteiger partial charge in [-0.25, -0.2) is 0 Å². The van der Waals surface area contributed by atoms with Gasteiger partial charge in [0.15, 0.2) is 22.8 Å². The molecular weight excluding hydrogens is 484 g/mol. The molecule has 0 spiro atoms. The number of fused-ring (bicyclic) bond motifs is 2. The number of carbonyl (C=O) groups excluding carboxylic acids is 3. The smallest absolute Gasteiger partial charge is 0.187 e. The molecule has 4 nitrogen and oxygen atoms in total. The first-order chi connectivity index (χ1) is 18.0. The number of ketones is 3. The third-order valence-corrected chi connectivity index (χ3v) is 8.63. The Balaban J connectivity index is 3.21. The summed E-state index contributed by atoms with van der Waals surface area (Å²) in [4.78, 5) is 44.6. The van der Waals surface area contributed by atoms with Crippen LogP contribution in [-0.4, -0.2) is 24.5 Å². The summed E-state index contributed by atoms with van der Waals surface area (Å²) in [6, 6.07) is 0. The first kappa shape index (κ1) is 32.5. The molecule has 2 aliphatic carbocycles. The van der Waals surface area contributed by atoms with Gasteiger partial charge in [0.1, 0.15) is 5.76 Å². The van der Waals surface area contributed by atoms with Gasteiger partial charge in [-0.05, 0) is 86.1 Å². The Morgan fingerprint density at radius 2 is 1.51 bits per heavy atom.